The average Bonchev–Trinajstić information content (AvgIpc) is 2.99. The molecule has 2 aliphatic heterocycles. The molecule has 2 aliphatic rings. The highest BCUT2D eigenvalue weighted by atomic mass is 19.4. The number of carbonyl (C=O) groups excluding carboxylic acids is 2. The van der Waals surface area contributed by atoms with Crippen molar-refractivity contribution in [1.82, 2.24) is 9.80 Å². The quantitative estimate of drug-likeness (QED) is 0.229. The molecule has 0 spiro atoms. The van der Waals surface area contributed by atoms with Crippen LogP contribution in [0.25, 0.3) is 0 Å². The standard InChI is InChI=1S/C26H21F19N2O2/c27-18(28,17(49)46-8-5-13(6-9-46)11-16(48)47-10-7-14-3-1-2-4-15(14)12-47)19(29,30)20(31,32)21(33,34)22(35,36)23(37,38)24(39,40)25(41,42)26(43,44)45/h1-4,13H,5-12H2. The van der Waals surface area contributed by atoms with Gasteiger partial charge in [0.05, 0.1) is 0 Å². The highest BCUT2D eigenvalue weighted by Crippen LogP contribution is 2.65. The molecule has 49 heavy (non-hydrogen) atoms. The monoisotopic (exact) mass is 754 g/mol. The van der Waals surface area contributed by atoms with Crippen LogP contribution in [0, 0.1) is 5.92 Å². The Morgan fingerprint density at radius 2 is 0.959 bits per heavy atom. The summed E-state index contributed by atoms with van der Waals surface area (Å²) in [4.78, 5) is 25.9. The zero-order valence-electron chi connectivity index (χ0n) is 23.9. The van der Waals surface area contributed by atoms with E-state index in [1.165, 1.54) is 4.90 Å². The van der Waals surface area contributed by atoms with Crippen LogP contribution in [-0.4, -0.2) is 94.8 Å². The molecule has 1 fully saturated rings. The van der Waals surface area contributed by atoms with Crippen LogP contribution in [0.5, 0.6) is 0 Å². The predicted molar refractivity (Wildman–Crippen MR) is 125 cm³/mol. The second-order valence-corrected chi connectivity index (χ2v) is 11.4. The molecule has 0 aliphatic carbocycles. The van der Waals surface area contributed by atoms with Crippen molar-refractivity contribution in [3.63, 3.8) is 0 Å². The van der Waals surface area contributed by atoms with Crippen molar-refractivity contribution >= 4 is 11.8 Å². The first kappa shape index (κ1) is 40.3. The first-order valence-electron chi connectivity index (χ1n) is 13.6. The van der Waals surface area contributed by atoms with Gasteiger partial charge in [-0.3, -0.25) is 9.59 Å². The summed E-state index contributed by atoms with van der Waals surface area (Å²) in [6, 6.07) is 7.02. The van der Waals surface area contributed by atoms with Gasteiger partial charge in [0.1, 0.15) is 0 Å². The fourth-order valence-corrected chi connectivity index (χ4v) is 5.12. The van der Waals surface area contributed by atoms with Crippen molar-refractivity contribution in [3.05, 3.63) is 35.4 Å². The number of carbonyl (C=O) groups is 2. The number of piperidine rings is 1. The average molecular weight is 754 g/mol. The molecule has 1 aromatic carbocycles. The maximum absolute atomic E-state index is 14.5. The van der Waals surface area contributed by atoms with E-state index in [4.69, 9.17) is 0 Å². The SMILES string of the molecule is O=C(CC1CCN(C(=O)C(F)(F)C(F)(F)C(F)(F)C(F)(F)C(F)(F)C(F)(F)C(F)(F)C(F)(F)C(F)(F)F)CC1)N1CCc2ccccc2C1. The van der Waals surface area contributed by atoms with Gasteiger partial charge in [0, 0.05) is 32.6 Å². The van der Waals surface area contributed by atoms with Crippen LogP contribution in [0.1, 0.15) is 30.4 Å². The van der Waals surface area contributed by atoms with Crippen molar-refractivity contribution in [3.8, 4) is 0 Å². The third-order valence-corrected chi connectivity index (χ3v) is 8.23. The van der Waals surface area contributed by atoms with Gasteiger partial charge in [-0.05, 0) is 36.3 Å². The molecular formula is C26H21F19N2O2. The zero-order valence-corrected chi connectivity index (χ0v) is 23.9. The number of likely N-dealkylation sites (tertiary alicyclic amines) is 1. The lowest BCUT2D eigenvalue weighted by Crippen LogP contribution is -2.76. The number of benzene rings is 1. The van der Waals surface area contributed by atoms with Gasteiger partial charge in [-0.1, -0.05) is 24.3 Å². The molecule has 0 bridgehead atoms. The molecule has 0 unspecified atom stereocenters. The van der Waals surface area contributed by atoms with E-state index in [1.807, 2.05) is 6.07 Å². The Kier molecular flexibility index (Phi) is 10.1. The maximum atomic E-state index is 14.5. The van der Waals surface area contributed by atoms with Gasteiger partial charge in [0.25, 0.3) is 5.91 Å². The molecule has 23 heteroatoms. The molecule has 0 radical (unpaired) electrons. The largest absolute Gasteiger partial charge is 0.460 e. The fraction of sp³-hybridized carbons (Fsp3) is 0.692. The number of fused-ring (bicyclic) bond motifs is 1. The van der Waals surface area contributed by atoms with E-state index in [2.05, 4.69) is 0 Å². The van der Waals surface area contributed by atoms with E-state index >= 15 is 0 Å². The summed E-state index contributed by atoms with van der Waals surface area (Å²) in [7, 11) is 0. The Labute approximate surface area is 262 Å². The van der Waals surface area contributed by atoms with Crippen molar-refractivity contribution in [1.29, 1.82) is 0 Å². The number of halogens is 19. The normalized spacial score (nSPS) is 18.4. The van der Waals surface area contributed by atoms with E-state index in [-0.39, 0.29) is 24.4 Å². The van der Waals surface area contributed by atoms with E-state index in [0.29, 0.717) is 6.42 Å². The molecule has 0 N–H and O–H groups in total. The Bertz CT molecular complexity index is 1400. The molecule has 0 aromatic heterocycles. The maximum Gasteiger partial charge on any atom is 0.460 e. The number of alkyl halides is 19. The van der Waals surface area contributed by atoms with Crippen LogP contribution in [0.3, 0.4) is 0 Å². The van der Waals surface area contributed by atoms with Crippen LogP contribution >= 0.6 is 0 Å². The van der Waals surface area contributed by atoms with Gasteiger partial charge < -0.3 is 9.80 Å². The summed E-state index contributed by atoms with van der Waals surface area (Å²) in [5.41, 5.74) is 1.76. The Hall–Kier alpha value is -3.17. The lowest BCUT2D eigenvalue weighted by atomic mass is 9.87. The highest BCUT2D eigenvalue weighted by Gasteiger charge is 2.97. The summed E-state index contributed by atoms with van der Waals surface area (Å²) >= 11 is 0. The van der Waals surface area contributed by atoms with E-state index in [0.717, 1.165) is 11.1 Å². The van der Waals surface area contributed by atoms with Gasteiger partial charge in [0.15, 0.2) is 0 Å². The first-order valence-corrected chi connectivity index (χ1v) is 13.6. The summed E-state index contributed by atoms with van der Waals surface area (Å²) in [5.74, 6) is -73.1. The zero-order chi connectivity index (χ0) is 38.0. The Morgan fingerprint density at radius 3 is 1.41 bits per heavy atom. The van der Waals surface area contributed by atoms with Crippen LogP contribution in [0.2, 0.25) is 0 Å². The van der Waals surface area contributed by atoms with Gasteiger partial charge in [-0.2, -0.15) is 83.4 Å². The minimum Gasteiger partial charge on any atom is -0.338 e. The van der Waals surface area contributed by atoms with E-state index < -0.39 is 97.2 Å². The molecule has 1 saturated heterocycles. The summed E-state index contributed by atoms with van der Waals surface area (Å²) in [5, 5.41) is 0. The molecule has 4 nitrogen and oxygen atoms in total. The van der Waals surface area contributed by atoms with E-state index in [1.54, 1.807) is 18.2 Å². The van der Waals surface area contributed by atoms with Gasteiger partial charge in [0.2, 0.25) is 5.91 Å². The molecule has 280 valence electrons. The third-order valence-electron chi connectivity index (χ3n) is 8.23. The highest BCUT2D eigenvalue weighted by molar-refractivity contribution is 5.85. The molecule has 0 atom stereocenters. The third kappa shape index (κ3) is 6.02. The molecule has 2 heterocycles. The number of amides is 2. The molecular weight excluding hydrogens is 733 g/mol. The number of hydrogen-bond acceptors (Lipinski definition) is 2. The number of nitrogens with zero attached hydrogens (tertiary/aromatic N) is 2. The Balaban J connectivity index is 1.78. The van der Waals surface area contributed by atoms with Crippen molar-refractivity contribution in [2.24, 2.45) is 5.92 Å². The summed E-state index contributed by atoms with van der Waals surface area (Å²) < 4.78 is 258. The van der Waals surface area contributed by atoms with E-state index in [9.17, 15) is 93.0 Å². The molecule has 0 saturated carbocycles. The summed E-state index contributed by atoms with van der Waals surface area (Å²) in [6.07, 6.45) is -8.76. The fourth-order valence-electron chi connectivity index (χ4n) is 5.12. The van der Waals surface area contributed by atoms with Crippen LogP contribution < -0.4 is 0 Å². The molecule has 3 rings (SSSR count). The topological polar surface area (TPSA) is 40.6 Å². The second-order valence-electron chi connectivity index (χ2n) is 11.4. The molecule has 2 amide bonds. The first-order chi connectivity index (χ1) is 21.8. The van der Waals surface area contributed by atoms with Crippen LogP contribution in [0.4, 0.5) is 83.4 Å². The number of rotatable bonds is 10. The van der Waals surface area contributed by atoms with Crippen molar-refractivity contribution < 1.29 is 93.0 Å². The predicted octanol–water partition coefficient (Wildman–Crippen LogP) is 7.84. The van der Waals surface area contributed by atoms with Gasteiger partial charge >= 0.3 is 53.6 Å². The van der Waals surface area contributed by atoms with Crippen LogP contribution in [-0.2, 0) is 22.6 Å². The smallest absolute Gasteiger partial charge is 0.338 e. The molecule has 1 aromatic rings. The van der Waals surface area contributed by atoms with Gasteiger partial charge in [-0.25, -0.2) is 0 Å². The lowest BCUT2D eigenvalue weighted by molar-refractivity contribution is -0.467. The minimum absolute atomic E-state index is 0.180. The minimum atomic E-state index is -9.05. The number of hydrogen-bond donors (Lipinski definition) is 0. The van der Waals surface area contributed by atoms with Crippen molar-refractivity contribution in [2.45, 2.75) is 85.8 Å². The van der Waals surface area contributed by atoms with Crippen molar-refractivity contribution in [2.75, 3.05) is 19.6 Å². The Morgan fingerprint density at radius 1 is 0.551 bits per heavy atom. The summed E-state index contributed by atoms with van der Waals surface area (Å²) in [6.45, 7) is -1.69. The van der Waals surface area contributed by atoms with Gasteiger partial charge in [-0.15, -0.1) is 0 Å². The van der Waals surface area contributed by atoms with Crippen LogP contribution in [0.15, 0.2) is 24.3 Å². The lowest BCUT2D eigenvalue weighted by Gasteiger charge is -2.44. The second kappa shape index (κ2) is 12.3.